The highest BCUT2D eigenvalue weighted by Crippen LogP contribution is 2.38. The summed E-state index contributed by atoms with van der Waals surface area (Å²) in [5.41, 5.74) is 1.36. The molecule has 1 atom stereocenters. The van der Waals surface area contributed by atoms with Crippen LogP contribution in [0.2, 0.25) is 0 Å². The Kier molecular flexibility index (Phi) is 4.45. The van der Waals surface area contributed by atoms with E-state index in [-0.39, 0.29) is 24.0 Å². The van der Waals surface area contributed by atoms with Crippen molar-refractivity contribution in [3.63, 3.8) is 0 Å². The van der Waals surface area contributed by atoms with Crippen LogP contribution in [0.4, 0.5) is 0 Å². The van der Waals surface area contributed by atoms with Crippen molar-refractivity contribution in [2.75, 3.05) is 0 Å². The van der Waals surface area contributed by atoms with E-state index in [4.69, 9.17) is 0 Å². The van der Waals surface area contributed by atoms with Crippen LogP contribution in [0.25, 0.3) is 0 Å². The van der Waals surface area contributed by atoms with Crippen molar-refractivity contribution >= 4 is 5.91 Å². The van der Waals surface area contributed by atoms with E-state index in [0.717, 1.165) is 11.1 Å². The van der Waals surface area contributed by atoms with Crippen molar-refractivity contribution in [1.82, 2.24) is 15.1 Å². The number of rotatable bonds is 5. The van der Waals surface area contributed by atoms with Gasteiger partial charge in [-0.15, -0.1) is 0 Å². The zero-order valence-electron chi connectivity index (χ0n) is 14.4. The van der Waals surface area contributed by atoms with Gasteiger partial charge in [-0.1, -0.05) is 30.3 Å². The first-order valence-corrected chi connectivity index (χ1v) is 8.41. The van der Waals surface area contributed by atoms with E-state index in [0.29, 0.717) is 12.8 Å². The zero-order chi connectivity index (χ0) is 17.3. The molecule has 1 aliphatic carbocycles. The molecule has 24 heavy (non-hydrogen) atoms. The van der Waals surface area contributed by atoms with Gasteiger partial charge in [-0.2, -0.15) is 5.10 Å². The predicted molar refractivity (Wildman–Crippen MR) is 92.3 cm³/mol. The summed E-state index contributed by atoms with van der Waals surface area (Å²) < 4.78 is 1.74. The Morgan fingerprint density at radius 1 is 1.33 bits per heavy atom. The molecule has 1 saturated carbocycles. The summed E-state index contributed by atoms with van der Waals surface area (Å²) >= 11 is 0. The summed E-state index contributed by atoms with van der Waals surface area (Å²) in [4.78, 5) is 13.0. The number of nitrogens with zero attached hydrogens (tertiary/aromatic N) is 2. The second kappa shape index (κ2) is 6.40. The van der Waals surface area contributed by atoms with Gasteiger partial charge in [-0.05, 0) is 38.2 Å². The van der Waals surface area contributed by atoms with E-state index in [9.17, 15) is 9.90 Å². The van der Waals surface area contributed by atoms with Gasteiger partial charge in [-0.3, -0.25) is 9.48 Å². The highest BCUT2D eigenvalue weighted by Gasteiger charge is 2.39. The van der Waals surface area contributed by atoms with Gasteiger partial charge < -0.3 is 10.4 Å². The van der Waals surface area contributed by atoms with Crippen LogP contribution < -0.4 is 5.32 Å². The van der Waals surface area contributed by atoms with Gasteiger partial charge in [0.25, 0.3) is 0 Å². The molecule has 1 fully saturated rings. The maximum atomic E-state index is 13.0. The monoisotopic (exact) mass is 327 g/mol. The Balaban J connectivity index is 1.80. The number of amides is 1. The minimum absolute atomic E-state index is 0.0102. The van der Waals surface area contributed by atoms with Gasteiger partial charge in [0, 0.05) is 18.8 Å². The fraction of sp³-hybridized carbons (Fsp3) is 0.474. The lowest BCUT2D eigenvalue weighted by Gasteiger charge is -2.39. The zero-order valence-corrected chi connectivity index (χ0v) is 14.4. The normalized spacial score (nSPS) is 21.8. The number of nitrogens with one attached hydrogen (secondary N) is 1. The van der Waals surface area contributed by atoms with Crippen LogP contribution >= 0.6 is 0 Å². The van der Waals surface area contributed by atoms with Crippen molar-refractivity contribution in [1.29, 1.82) is 0 Å². The second-order valence-electron chi connectivity index (χ2n) is 7.27. The fourth-order valence-electron chi connectivity index (χ4n) is 3.28. The molecule has 2 aromatic rings. The van der Waals surface area contributed by atoms with Crippen molar-refractivity contribution in [3.05, 3.63) is 53.9 Å². The summed E-state index contributed by atoms with van der Waals surface area (Å²) in [6.07, 6.45) is 4.90. The molecule has 1 aromatic heterocycles. The molecule has 0 bridgehead atoms. The van der Waals surface area contributed by atoms with Gasteiger partial charge in [0.2, 0.25) is 5.91 Å². The lowest BCUT2D eigenvalue weighted by molar-refractivity contribution is -0.127. The minimum Gasteiger partial charge on any atom is -0.393 e. The third-order valence-electron chi connectivity index (χ3n) is 5.05. The summed E-state index contributed by atoms with van der Waals surface area (Å²) in [5.74, 6) is 0.240. The third-order valence-corrected chi connectivity index (χ3v) is 5.05. The Morgan fingerprint density at radius 2 is 2.00 bits per heavy atom. The molecule has 0 spiro atoms. The molecule has 128 valence electrons. The maximum absolute atomic E-state index is 13.0. The SMILES string of the molecule is Cn1cc([C@@H](NC(=O)C(C)(C)c2ccccc2)C2CC(O)C2)cn1. The highest BCUT2D eigenvalue weighted by molar-refractivity contribution is 5.87. The Hall–Kier alpha value is -2.14. The van der Waals surface area contributed by atoms with Gasteiger partial charge in [-0.25, -0.2) is 0 Å². The predicted octanol–water partition coefficient (Wildman–Crippen LogP) is 2.33. The largest absolute Gasteiger partial charge is 0.393 e. The van der Waals surface area contributed by atoms with Crippen LogP contribution in [0.15, 0.2) is 42.7 Å². The van der Waals surface area contributed by atoms with E-state index in [1.807, 2.05) is 57.4 Å². The highest BCUT2D eigenvalue weighted by atomic mass is 16.3. The standard InChI is InChI=1S/C19H25N3O2/c1-19(2,15-7-5-4-6-8-15)18(24)21-17(13-9-16(23)10-13)14-11-20-22(3)12-14/h4-8,11-13,16-17,23H,9-10H2,1-3H3,(H,21,24)/t13?,16?,17-/m0/s1. The molecule has 1 amide bonds. The Labute approximate surface area is 142 Å². The smallest absolute Gasteiger partial charge is 0.230 e. The minimum atomic E-state index is -0.621. The number of carbonyl (C=O) groups excluding carboxylic acids is 1. The van der Waals surface area contributed by atoms with Crippen molar-refractivity contribution in [2.45, 2.75) is 44.2 Å². The number of aromatic nitrogens is 2. The molecular formula is C19H25N3O2. The molecule has 5 nitrogen and oxygen atoms in total. The quantitative estimate of drug-likeness (QED) is 0.886. The number of aliphatic hydroxyl groups is 1. The molecule has 3 rings (SSSR count). The molecule has 0 saturated heterocycles. The van der Waals surface area contributed by atoms with E-state index in [1.165, 1.54) is 0 Å². The second-order valence-corrected chi connectivity index (χ2v) is 7.27. The van der Waals surface area contributed by atoms with Crippen LogP contribution in [0.1, 0.15) is 43.9 Å². The summed E-state index contributed by atoms with van der Waals surface area (Å²) in [7, 11) is 1.87. The number of hydrogen-bond acceptors (Lipinski definition) is 3. The van der Waals surface area contributed by atoms with Crippen molar-refractivity contribution in [2.24, 2.45) is 13.0 Å². The number of aryl methyl sites for hydroxylation is 1. The Bertz CT molecular complexity index is 702. The average molecular weight is 327 g/mol. The molecule has 1 heterocycles. The lowest BCUT2D eigenvalue weighted by Crippen LogP contribution is -2.47. The maximum Gasteiger partial charge on any atom is 0.230 e. The molecule has 0 unspecified atom stereocenters. The van der Waals surface area contributed by atoms with E-state index in [2.05, 4.69) is 10.4 Å². The number of hydrogen-bond donors (Lipinski definition) is 2. The molecular weight excluding hydrogens is 302 g/mol. The summed E-state index contributed by atoms with van der Waals surface area (Å²) in [6.45, 7) is 3.88. The van der Waals surface area contributed by atoms with Crippen molar-refractivity contribution < 1.29 is 9.90 Å². The number of carbonyl (C=O) groups is 1. The van der Waals surface area contributed by atoms with Gasteiger partial charge in [0.15, 0.2) is 0 Å². The Morgan fingerprint density at radius 3 is 2.54 bits per heavy atom. The molecule has 0 radical (unpaired) electrons. The topological polar surface area (TPSA) is 67.2 Å². The van der Waals surface area contributed by atoms with E-state index >= 15 is 0 Å². The van der Waals surface area contributed by atoms with Crippen LogP contribution in [0, 0.1) is 5.92 Å². The fourth-order valence-corrected chi connectivity index (χ4v) is 3.28. The molecule has 1 aliphatic rings. The first-order chi connectivity index (χ1) is 11.4. The van der Waals surface area contributed by atoms with Crippen LogP contribution in [-0.4, -0.2) is 26.9 Å². The lowest BCUT2D eigenvalue weighted by atomic mass is 9.75. The first-order valence-electron chi connectivity index (χ1n) is 8.41. The van der Waals surface area contributed by atoms with Crippen molar-refractivity contribution in [3.8, 4) is 0 Å². The summed E-state index contributed by atoms with van der Waals surface area (Å²) in [5, 5.41) is 17.1. The van der Waals surface area contributed by atoms with Crippen LogP contribution in [0.3, 0.4) is 0 Å². The van der Waals surface area contributed by atoms with E-state index in [1.54, 1.807) is 10.9 Å². The van der Waals surface area contributed by atoms with E-state index < -0.39 is 5.41 Å². The third kappa shape index (κ3) is 3.22. The summed E-state index contributed by atoms with van der Waals surface area (Å²) in [6, 6.07) is 9.69. The van der Waals surface area contributed by atoms with Gasteiger partial charge >= 0.3 is 0 Å². The van der Waals surface area contributed by atoms with Gasteiger partial charge in [0.05, 0.1) is 23.8 Å². The average Bonchev–Trinajstić information content (AvgIpc) is 2.96. The van der Waals surface area contributed by atoms with Gasteiger partial charge in [0.1, 0.15) is 0 Å². The molecule has 2 N–H and O–H groups in total. The molecule has 1 aromatic carbocycles. The van der Waals surface area contributed by atoms with Crippen LogP contribution in [-0.2, 0) is 17.3 Å². The van der Waals surface area contributed by atoms with Crippen LogP contribution in [0.5, 0.6) is 0 Å². The molecule has 5 heteroatoms. The number of aliphatic hydroxyl groups excluding tert-OH is 1. The first kappa shape index (κ1) is 16.7. The molecule has 0 aliphatic heterocycles. The number of benzene rings is 1.